The van der Waals surface area contributed by atoms with Crippen LogP contribution >= 0.6 is 0 Å². The van der Waals surface area contributed by atoms with E-state index in [2.05, 4.69) is 47.6 Å². The monoisotopic (exact) mass is 303 g/mol. The molecule has 1 heterocycles. The van der Waals surface area contributed by atoms with E-state index in [9.17, 15) is 0 Å². The maximum atomic E-state index is 5.53. The molecule has 0 saturated heterocycles. The van der Waals surface area contributed by atoms with Gasteiger partial charge in [-0.25, -0.2) is 4.98 Å². The van der Waals surface area contributed by atoms with Crippen LogP contribution in [0.4, 0.5) is 0 Å². The molecule has 0 N–H and O–H groups in total. The topological polar surface area (TPSA) is 30.3 Å². The van der Waals surface area contributed by atoms with E-state index in [4.69, 9.17) is 9.72 Å². The van der Waals surface area contributed by atoms with Gasteiger partial charge in [0.1, 0.15) is 5.82 Å². The number of aryl methyl sites for hydroxylation is 1. The van der Waals surface area contributed by atoms with Gasteiger partial charge in [-0.05, 0) is 45.1 Å². The zero-order valence-corrected chi connectivity index (χ0v) is 14.2. The molecule has 0 fully saturated rings. The second-order valence-corrected chi connectivity index (χ2v) is 5.50. The molecule has 1 aromatic carbocycles. The highest BCUT2D eigenvalue weighted by Gasteiger charge is 2.10. The fourth-order valence-corrected chi connectivity index (χ4v) is 2.87. The summed E-state index contributed by atoms with van der Waals surface area (Å²) in [5.74, 6) is 1.19. The largest absolute Gasteiger partial charge is 0.380 e. The molecule has 0 atom stereocenters. The van der Waals surface area contributed by atoms with Gasteiger partial charge in [0.25, 0.3) is 0 Å². The molecule has 2 rings (SSSR count). The SMILES string of the molecule is CCOCCn1c(CCCN(CC)CC)nc2ccccc21. The second kappa shape index (κ2) is 8.91. The lowest BCUT2D eigenvalue weighted by Gasteiger charge is -2.17. The number of hydrogen-bond donors (Lipinski definition) is 0. The zero-order valence-electron chi connectivity index (χ0n) is 14.2. The van der Waals surface area contributed by atoms with Crippen LogP contribution in [0.1, 0.15) is 33.0 Å². The van der Waals surface area contributed by atoms with Gasteiger partial charge >= 0.3 is 0 Å². The number of para-hydroxylation sites is 2. The number of imidazole rings is 1. The summed E-state index contributed by atoms with van der Waals surface area (Å²) in [6.07, 6.45) is 2.18. The highest BCUT2D eigenvalue weighted by atomic mass is 16.5. The molecule has 2 aromatic rings. The predicted molar refractivity (Wildman–Crippen MR) is 92.3 cm³/mol. The Morgan fingerprint density at radius 2 is 1.91 bits per heavy atom. The first kappa shape index (κ1) is 17.0. The van der Waals surface area contributed by atoms with E-state index in [1.165, 1.54) is 11.3 Å². The zero-order chi connectivity index (χ0) is 15.8. The molecule has 0 bridgehead atoms. The molecule has 0 aliphatic heterocycles. The van der Waals surface area contributed by atoms with Crippen LogP contribution in [0.3, 0.4) is 0 Å². The van der Waals surface area contributed by atoms with Gasteiger partial charge in [0.15, 0.2) is 0 Å². The van der Waals surface area contributed by atoms with Crippen LogP contribution in [0, 0.1) is 0 Å². The Morgan fingerprint density at radius 1 is 1.14 bits per heavy atom. The standard InChI is InChI=1S/C18H29N3O/c1-4-20(5-2)13-9-12-18-19-16-10-7-8-11-17(16)21(18)14-15-22-6-3/h7-8,10-11H,4-6,9,12-15H2,1-3H3. The Hall–Kier alpha value is -1.39. The van der Waals surface area contributed by atoms with Gasteiger partial charge in [-0.3, -0.25) is 0 Å². The first-order chi connectivity index (χ1) is 10.8. The lowest BCUT2D eigenvalue weighted by Crippen LogP contribution is -2.24. The Labute approximate surface area is 134 Å². The maximum Gasteiger partial charge on any atom is 0.109 e. The van der Waals surface area contributed by atoms with E-state index >= 15 is 0 Å². The molecule has 22 heavy (non-hydrogen) atoms. The first-order valence-corrected chi connectivity index (χ1v) is 8.54. The molecule has 122 valence electrons. The van der Waals surface area contributed by atoms with E-state index in [1.54, 1.807) is 0 Å². The minimum absolute atomic E-state index is 0.750. The molecule has 0 unspecified atom stereocenters. The summed E-state index contributed by atoms with van der Waals surface area (Å²) in [4.78, 5) is 7.29. The summed E-state index contributed by atoms with van der Waals surface area (Å²) in [5, 5.41) is 0. The van der Waals surface area contributed by atoms with Crippen molar-refractivity contribution in [2.45, 2.75) is 40.2 Å². The van der Waals surface area contributed by atoms with E-state index < -0.39 is 0 Å². The predicted octanol–water partition coefficient (Wildman–Crippen LogP) is 3.35. The number of hydrogen-bond acceptors (Lipinski definition) is 3. The molecular formula is C18H29N3O. The van der Waals surface area contributed by atoms with Crippen LogP contribution in [0.5, 0.6) is 0 Å². The van der Waals surface area contributed by atoms with Crippen molar-refractivity contribution in [2.75, 3.05) is 32.8 Å². The number of aromatic nitrogens is 2. The summed E-state index contributed by atoms with van der Waals surface area (Å²) in [6, 6.07) is 8.39. The third-order valence-electron chi connectivity index (χ3n) is 4.17. The minimum Gasteiger partial charge on any atom is -0.380 e. The molecule has 4 nitrogen and oxygen atoms in total. The van der Waals surface area contributed by atoms with Gasteiger partial charge in [-0.15, -0.1) is 0 Å². The number of ether oxygens (including phenoxy) is 1. The molecule has 0 aliphatic carbocycles. The quantitative estimate of drug-likeness (QED) is 0.631. The smallest absolute Gasteiger partial charge is 0.109 e. The fourth-order valence-electron chi connectivity index (χ4n) is 2.87. The minimum atomic E-state index is 0.750. The molecule has 4 heteroatoms. The van der Waals surface area contributed by atoms with Gasteiger partial charge in [0, 0.05) is 19.6 Å². The first-order valence-electron chi connectivity index (χ1n) is 8.54. The third kappa shape index (κ3) is 4.31. The number of benzene rings is 1. The van der Waals surface area contributed by atoms with Crippen LogP contribution in [0.2, 0.25) is 0 Å². The third-order valence-corrected chi connectivity index (χ3v) is 4.17. The average Bonchev–Trinajstić information content (AvgIpc) is 2.90. The van der Waals surface area contributed by atoms with Crippen molar-refractivity contribution < 1.29 is 4.74 Å². The normalized spacial score (nSPS) is 11.6. The van der Waals surface area contributed by atoms with Crippen molar-refractivity contribution in [2.24, 2.45) is 0 Å². The van der Waals surface area contributed by atoms with Gasteiger partial charge in [-0.1, -0.05) is 26.0 Å². The summed E-state index contributed by atoms with van der Waals surface area (Å²) >= 11 is 0. The summed E-state index contributed by atoms with van der Waals surface area (Å²) in [7, 11) is 0. The van der Waals surface area contributed by atoms with Crippen molar-refractivity contribution >= 4 is 11.0 Å². The molecular weight excluding hydrogens is 274 g/mol. The highest BCUT2D eigenvalue weighted by molar-refractivity contribution is 5.75. The highest BCUT2D eigenvalue weighted by Crippen LogP contribution is 2.17. The van der Waals surface area contributed by atoms with Crippen molar-refractivity contribution in [3.05, 3.63) is 30.1 Å². The van der Waals surface area contributed by atoms with Gasteiger partial charge < -0.3 is 14.2 Å². The fraction of sp³-hybridized carbons (Fsp3) is 0.611. The molecule has 1 aromatic heterocycles. The Bertz CT molecular complexity index is 560. The van der Waals surface area contributed by atoms with Crippen molar-refractivity contribution in [1.29, 1.82) is 0 Å². The van der Waals surface area contributed by atoms with Crippen molar-refractivity contribution in [3.63, 3.8) is 0 Å². The summed E-state index contributed by atoms with van der Waals surface area (Å²) in [6.45, 7) is 12.3. The molecule has 0 spiro atoms. The van der Waals surface area contributed by atoms with Crippen LogP contribution < -0.4 is 0 Å². The maximum absolute atomic E-state index is 5.53. The lowest BCUT2D eigenvalue weighted by molar-refractivity contribution is 0.139. The van der Waals surface area contributed by atoms with Gasteiger partial charge in [0.2, 0.25) is 0 Å². The molecule has 0 saturated carbocycles. The summed E-state index contributed by atoms with van der Waals surface area (Å²) in [5.41, 5.74) is 2.32. The summed E-state index contributed by atoms with van der Waals surface area (Å²) < 4.78 is 7.86. The van der Waals surface area contributed by atoms with Crippen LogP contribution in [-0.4, -0.2) is 47.3 Å². The molecule has 0 amide bonds. The van der Waals surface area contributed by atoms with Crippen molar-refractivity contribution in [1.82, 2.24) is 14.5 Å². The van der Waals surface area contributed by atoms with E-state index in [0.29, 0.717) is 0 Å². The van der Waals surface area contributed by atoms with E-state index in [0.717, 1.165) is 57.8 Å². The van der Waals surface area contributed by atoms with E-state index in [1.807, 2.05) is 6.92 Å². The van der Waals surface area contributed by atoms with Gasteiger partial charge in [0.05, 0.1) is 17.6 Å². The number of nitrogens with zero attached hydrogens (tertiary/aromatic N) is 3. The molecule has 0 radical (unpaired) electrons. The van der Waals surface area contributed by atoms with Crippen LogP contribution in [0.25, 0.3) is 11.0 Å². The molecule has 0 aliphatic rings. The van der Waals surface area contributed by atoms with Crippen molar-refractivity contribution in [3.8, 4) is 0 Å². The Kier molecular flexibility index (Phi) is 6.87. The second-order valence-electron chi connectivity index (χ2n) is 5.50. The van der Waals surface area contributed by atoms with E-state index in [-0.39, 0.29) is 0 Å². The number of fused-ring (bicyclic) bond motifs is 1. The van der Waals surface area contributed by atoms with Gasteiger partial charge in [-0.2, -0.15) is 0 Å². The van der Waals surface area contributed by atoms with Crippen LogP contribution in [-0.2, 0) is 17.7 Å². The average molecular weight is 303 g/mol. The lowest BCUT2D eigenvalue weighted by atomic mass is 10.2. The Balaban J connectivity index is 2.08. The Morgan fingerprint density at radius 3 is 2.64 bits per heavy atom. The number of rotatable bonds is 10. The van der Waals surface area contributed by atoms with Crippen LogP contribution in [0.15, 0.2) is 24.3 Å².